The van der Waals surface area contributed by atoms with Gasteiger partial charge in [0.1, 0.15) is 11.7 Å². The van der Waals surface area contributed by atoms with Gasteiger partial charge in [0.2, 0.25) is 0 Å². The van der Waals surface area contributed by atoms with Crippen molar-refractivity contribution in [2.45, 2.75) is 26.3 Å². The molecule has 0 spiro atoms. The molecule has 0 saturated heterocycles. The van der Waals surface area contributed by atoms with Crippen molar-refractivity contribution in [2.75, 3.05) is 0 Å². The number of amides is 1. The molecule has 0 bridgehead atoms. The lowest BCUT2D eigenvalue weighted by Crippen LogP contribution is -2.28. The van der Waals surface area contributed by atoms with Crippen LogP contribution in [0, 0.1) is 12.1 Å². The molecule has 1 N–H and O–H groups in total. The second kappa shape index (κ2) is 6.73. The zero-order valence-corrected chi connectivity index (χ0v) is 12.6. The summed E-state index contributed by atoms with van der Waals surface area (Å²) in [5.41, 5.74) is 2.34. The second-order valence-corrected chi connectivity index (χ2v) is 5.57. The van der Waals surface area contributed by atoms with Gasteiger partial charge in [-0.25, -0.2) is 14.2 Å². The Morgan fingerprint density at radius 1 is 1.50 bits per heavy atom. The smallest absolute Gasteiger partial charge is 0.271 e. The molecule has 22 heavy (non-hydrogen) atoms. The number of halogens is 3. The third-order valence-corrected chi connectivity index (χ3v) is 3.68. The Bertz CT molecular complexity index is 695. The molecule has 118 valence electrons. The number of rotatable bonds is 5. The molecule has 2 heterocycles. The normalized spacial score (nSPS) is 13.0. The SMILES string of the molecule is Cc1cc(C(F)F)nn1C(C)C(=O)N/N=C/c1ccc(F)s1. The van der Waals surface area contributed by atoms with Gasteiger partial charge in [-0.3, -0.25) is 9.48 Å². The molecular formula is C13H13F3N4OS. The highest BCUT2D eigenvalue weighted by Crippen LogP contribution is 2.20. The predicted octanol–water partition coefficient (Wildman–Crippen LogP) is 3.04. The van der Waals surface area contributed by atoms with E-state index in [9.17, 15) is 18.0 Å². The van der Waals surface area contributed by atoms with Gasteiger partial charge in [0, 0.05) is 5.69 Å². The lowest BCUT2D eigenvalue weighted by atomic mass is 10.3. The molecule has 0 aliphatic rings. The topological polar surface area (TPSA) is 59.3 Å². The molecule has 0 saturated carbocycles. The molecule has 2 aromatic heterocycles. The second-order valence-electron chi connectivity index (χ2n) is 4.51. The lowest BCUT2D eigenvalue weighted by Gasteiger charge is -2.12. The molecule has 0 aromatic carbocycles. The Kier molecular flexibility index (Phi) is 4.96. The molecule has 0 radical (unpaired) electrons. The maximum Gasteiger partial charge on any atom is 0.282 e. The number of hydrogen-bond acceptors (Lipinski definition) is 4. The van der Waals surface area contributed by atoms with Crippen molar-refractivity contribution in [3.05, 3.63) is 39.6 Å². The third-order valence-electron chi connectivity index (χ3n) is 2.87. The van der Waals surface area contributed by atoms with Crippen LogP contribution in [-0.4, -0.2) is 21.9 Å². The summed E-state index contributed by atoms with van der Waals surface area (Å²) in [7, 11) is 0. The summed E-state index contributed by atoms with van der Waals surface area (Å²) in [6, 6.07) is 3.23. The van der Waals surface area contributed by atoms with Crippen molar-refractivity contribution in [1.82, 2.24) is 15.2 Å². The van der Waals surface area contributed by atoms with Crippen LogP contribution < -0.4 is 5.43 Å². The Labute approximate surface area is 128 Å². The zero-order valence-electron chi connectivity index (χ0n) is 11.8. The van der Waals surface area contributed by atoms with E-state index in [0.717, 1.165) is 11.3 Å². The van der Waals surface area contributed by atoms with Gasteiger partial charge in [-0.05, 0) is 32.0 Å². The minimum Gasteiger partial charge on any atom is -0.271 e. The summed E-state index contributed by atoms with van der Waals surface area (Å²) >= 11 is 0.885. The van der Waals surface area contributed by atoms with Crippen molar-refractivity contribution < 1.29 is 18.0 Å². The number of aromatic nitrogens is 2. The summed E-state index contributed by atoms with van der Waals surface area (Å²) in [5.74, 6) is -0.514. The van der Waals surface area contributed by atoms with Crippen molar-refractivity contribution in [1.29, 1.82) is 0 Å². The van der Waals surface area contributed by atoms with Crippen molar-refractivity contribution in [3.8, 4) is 0 Å². The van der Waals surface area contributed by atoms with E-state index in [1.807, 2.05) is 0 Å². The largest absolute Gasteiger partial charge is 0.282 e. The fourth-order valence-electron chi connectivity index (χ4n) is 1.77. The number of thiophene rings is 1. The van der Waals surface area contributed by atoms with E-state index in [0.29, 0.717) is 10.6 Å². The number of carbonyl (C=O) groups is 1. The molecule has 2 aromatic rings. The fraction of sp³-hybridized carbons (Fsp3) is 0.308. The van der Waals surface area contributed by atoms with Gasteiger partial charge in [0.05, 0.1) is 11.1 Å². The number of hydrogen-bond donors (Lipinski definition) is 1. The first-order chi connectivity index (χ1) is 10.4. The monoisotopic (exact) mass is 330 g/mol. The summed E-state index contributed by atoms with van der Waals surface area (Å²) in [4.78, 5) is 12.5. The minimum atomic E-state index is -2.69. The van der Waals surface area contributed by atoms with E-state index < -0.39 is 18.4 Å². The molecular weight excluding hydrogens is 317 g/mol. The predicted molar refractivity (Wildman–Crippen MR) is 76.6 cm³/mol. The van der Waals surface area contributed by atoms with E-state index >= 15 is 0 Å². The van der Waals surface area contributed by atoms with Gasteiger partial charge in [0.15, 0.2) is 5.13 Å². The van der Waals surface area contributed by atoms with E-state index in [1.165, 1.54) is 36.0 Å². The average Bonchev–Trinajstić information content (AvgIpc) is 3.04. The number of hydrazone groups is 1. The number of aryl methyl sites for hydroxylation is 1. The molecule has 1 amide bonds. The quantitative estimate of drug-likeness (QED) is 0.677. The van der Waals surface area contributed by atoms with Gasteiger partial charge in [-0.2, -0.15) is 14.6 Å². The standard InChI is InChI=1S/C13H13F3N4OS/c1-7-5-10(12(15)16)19-20(7)8(2)13(21)18-17-6-9-3-4-11(14)22-9/h3-6,8,12H,1-2H3,(H,18,21)/b17-6+. The van der Waals surface area contributed by atoms with Crippen molar-refractivity contribution in [3.63, 3.8) is 0 Å². The van der Waals surface area contributed by atoms with Crippen molar-refractivity contribution in [2.24, 2.45) is 5.10 Å². The maximum absolute atomic E-state index is 12.8. The van der Waals surface area contributed by atoms with Crippen LogP contribution in [0.5, 0.6) is 0 Å². The molecule has 0 aliphatic heterocycles. The van der Waals surface area contributed by atoms with Gasteiger partial charge in [-0.1, -0.05) is 0 Å². The highest BCUT2D eigenvalue weighted by molar-refractivity contribution is 7.12. The van der Waals surface area contributed by atoms with E-state index in [2.05, 4.69) is 15.6 Å². The summed E-state index contributed by atoms with van der Waals surface area (Å²) in [6.45, 7) is 3.10. The number of alkyl halides is 2. The molecule has 2 rings (SSSR count). The molecule has 9 heteroatoms. The van der Waals surface area contributed by atoms with Crippen LogP contribution in [0.4, 0.5) is 13.2 Å². The minimum absolute atomic E-state index is 0.354. The van der Waals surface area contributed by atoms with E-state index in [4.69, 9.17) is 0 Å². The summed E-state index contributed by atoms with van der Waals surface area (Å²) < 4.78 is 39.2. The van der Waals surface area contributed by atoms with Crippen LogP contribution in [0.1, 0.15) is 35.7 Å². The number of nitrogens with one attached hydrogen (secondary N) is 1. The van der Waals surface area contributed by atoms with Gasteiger partial charge < -0.3 is 0 Å². The maximum atomic E-state index is 12.8. The van der Waals surface area contributed by atoms with Crippen LogP contribution in [0.25, 0.3) is 0 Å². The van der Waals surface area contributed by atoms with Crippen LogP contribution in [-0.2, 0) is 4.79 Å². The summed E-state index contributed by atoms with van der Waals surface area (Å²) in [5, 5.41) is 7.06. The Morgan fingerprint density at radius 2 is 2.23 bits per heavy atom. The molecule has 0 fully saturated rings. The van der Waals surface area contributed by atoms with E-state index in [1.54, 1.807) is 6.92 Å². The molecule has 1 atom stereocenters. The van der Waals surface area contributed by atoms with Crippen molar-refractivity contribution >= 4 is 23.5 Å². The Hall–Kier alpha value is -2.16. The molecule has 5 nitrogen and oxygen atoms in total. The first kappa shape index (κ1) is 16.2. The first-order valence-electron chi connectivity index (χ1n) is 6.31. The van der Waals surface area contributed by atoms with Gasteiger partial charge in [-0.15, -0.1) is 11.3 Å². The van der Waals surface area contributed by atoms with Crippen LogP contribution in [0.3, 0.4) is 0 Å². The van der Waals surface area contributed by atoms with Gasteiger partial charge in [0.25, 0.3) is 12.3 Å². The molecule has 0 aliphatic carbocycles. The third kappa shape index (κ3) is 3.73. The Morgan fingerprint density at radius 3 is 2.77 bits per heavy atom. The van der Waals surface area contributed by atoms with Gasteiger partial charge >= 0.3 is 0 Å². The number of nitrogens with zero attached hydrogens (tertiary/aromatic N) is 3. The summed E-state index contributed by atoms with van der Waals surface area (Å²) in [6.07, 6.45) is -1.39. The zero-order chi connectivity index (χ0) is 16.3. The fourth-order valence-corrected chi connectivity index (χ4v) is 2.38. The van der Waals surface area contributed by atoms with Crippen LogP contribution >= 0.6 is 11.3 Å². The average molecular weight is 330 g/mol. The molecule has 1 unspecified atom stereocenters. The first-order valence-corrected chi connectivity index (χ1v) is 7.12. The van der Waals surface area contributed by atoms with Crippen LogP contribution in [0.2, 0.25) is 0 Å². The van der Waals surface area contributed by atoms with E-state index in [-0.39, 0.29) is 10.8 Å². The number of carbonyl (C=O) groups excluding carboxylic acids is 1. The highest BCUT2D eigenvalue weighted by atomic mass is 32.1. The lowest BCUT2D eigenvalue weighted by molar-refractivity contribution is -0.124. The van der Waals surface area contributed by atoms with Crippen LogP contribution in [0.15, 0.2) is 23.3 Å². The highest BCUT2D eigenvalue weighted by Gasteiger charge is 2.20. The Balaban J connectivity index is 2.01.